The van der Waals surface area contributed by atoms with E-state index in [2.05, 4.69) is 51.9 Å². The molecule has 1 atom stereocenters. The SMILES string of the molecule is COCCN1CCCC2(CCN(C(=O)Cc3cn(C)c4ccccc34)C2)C1. The molecular weight excluding hydrogens is 338 g/mol. The first-order chi connectivity index (χ1) is 13.1. The highest BCUT2D eigenvalue weighted by molar-refractivity contribution is 5.89. The molecule has 0 saturated carbocycles. The summed E-state index contributed by atoms with van der Waals surface area (Å²) >= 11 is 0. The van der Waals surface area contributed by atoms with Crippen molar-refractivity contribution in [1.82, 2.24) is 14.4 Å². The molecule has 1 unspecified atom stereocenters. The van der Waals surface area contributed by atoms with Crippen molar-refractivity contribution in [3.05, 3.63) is 36.0 Å². The maximum absolute atomic E-state index is 13.0. The van der Waals surface area contributed by atoms with Gasteiger partial charge >= 0.3 is 0 Å². The van der Waals surface area contributed by atoms with E-state index in [9.17, 15) is 4.79 Å². The number of benzene rings is 1. The molecule has 3 heterocycles. The zero-order valence-electron chi connectivity index (χ0n) is 16.6. The minimum absolute atomic E-state index is 0.275. The fourth-order valence-electron chi connectivity index (χ4n) is 5.04. The van der Waals surface area contributed by atoms with Gasteiger partial charge < -0.3 is 19.1 Å². The quantitative estimate of drug-likeness (QED) is 0.813. The molecule has 2 fully saturated rings. The maximum atomic E-state index is 13.0. The van der Waals surface area contributed by atoms with E-state index in [1.807, 2.05) is 0 Å². The second kappa shape index (κ2) is 7.64. The molecule has 2 saturated heterocycles. The van der Waals surface area contributed by atoms with Gasteiger partial charge in [-0.3, -0.25) is 4.79 Å². The van der Waals surface area contributed by atoms with E-state index >= 15 is 0 Å². The Kier molecular flexibility index (Phi) is 5.24. The molecule has 0 aliphatic carbocycles. The Morgan fingerprint density at radius 2 is 2.04 bits per heavy atom. The van der Waals surface area contributed by atoms with E-state index in [-0.39, 0.29) is 5.91 Å². The van der Waals surface area contributed by atoms with Crippen LogP contribution in [-0.4, -0.2) is 66.7 Å². The smallest absolute Gasteiger partial charge is 0.227 e. The normalized spacial score (nSPS) is 23.6. The Labute approximate surface area is 161 Å². The number of hydrogen-bond donors (Lipinski definition) is 0. The van der Waals surface area contributed by atoms with Gasteiger partial charge in [-0.15, -0.1) is 0 Å². The number of rotatable bonds is 5. The van der Waals surface area contributed by atoms with Crippen molar-refractivity contribution in [3.63, 3.8) is 0 Å². The molecule has 1 aromatic carbocycles. The highest BCUT2D eigenvalue weighted by Crippen LogP contribution is 2.39. The van der Waals surface area contributed by atoms with E-state index in [1.165, 1.54) is 23.7 Å². The number of aromatic nitrogens is 1. The van der Waals surface area contributed by atoms with E-state index in [0.29, 0.717) is 11.8 Å². The number of amides is 1. The lowest BCUT2D eigenvalue weighted by Gasteiger charge is -2.40. The molecule has 4 rings (SSSR count). The van der Waals surface area contributed by atoms with Crippen molar-refractivity contribution in [3.8, 4) is 0 Å². The Morgan fingerprint density at radius 3 is 2.89 bits per heavy atom. The molecular formula is C22H31N3O2. The van der Waals surface area contributed by atoms with Gasteiger partial charge in [0.25, 0.3) is 0 Å². The number of carbonyl (C=O) groups is 1. The zero-order valence-corrected chi connectivity index (χ0v) is 16.6. The van der Waals surface area contributed by atoms with Gasteiger partial charge in [0.1, 0.15) is 0 Å². The van der Waals surface area contributed by atoms with Gasteiger partial charge in [-0.25, -0.2) is 0 Å². The highest BCUT2D eigenvalue weighted by atomic mass is 16.5. The average Bonchev–Trinajstić information content (AvgIpc) is 3.22. The van der Waals surface area contributed by atoms with Crippen LogP contribution in [0.25, 0.3) is 10.9 Å². The van der Waals surface area contributed by atoms with Crippen molar-refractivity contribution >= 4 is 16.8 Å². The number of likely N-dealkylation sites (tertiary alicyclic amines) is 2. The third kappa shape index (κ3) is 3.76. The molecule has 1 spiro atoms. The lowest BCUT2D eigenvalue weighted by molar-refractivity contribution is -0.130. The fourth-order valence-corrected chi connectivity index (χ4v) is 5.04. The average molecular weight is 370 g/mol. The van der Waals surface area contributed by atoms with Crippen LogP contribution in [-0.2, 0) is 23.0 Å². The number of hydrogen-bond acceptors (Lipinski definition) is 3. The number of para-hydroxylation sites is 1. The van der Waals surface area contributed by atoms with Crippen molar-refractivity contribution in [2.75, 3.05) is 46.4 Å². The Morgan fingerprint density at radius 1 is 1.19 bits per heavy atom. The van der Waals surface area contributed by atoms with Gasteiger partial charge in [-0.05, 0) is 37.4 Å². The summed E-state index contributed by atoms with van der Waals surface area (Å²) in [5.74, 6) is 0.275. The van der Waals surface area contributed by atoms with E-state index < -0.39 is 0 Å². The van der Waals surface area contributed by atoms with Crippen LogP contribution in [0.2, 0.25) is 0 Å². The highest BCUT2D eigenvalue weighted by Gasteiger charge is 2.42. The number of nitrogens with zero attached hydrogens (tertiary/aromatic N) is 3. The summed E-state index contributed by atoms with van der Waals surface area (Å²) in [6.45, 7) is 5.88. The summed E-state index contributed by atoms with van der Waals surface area (Å²) in [6.07, 6.45) is 6.23. The van der Waals surface area contributed by atoms with E-state index in [4.69, 9.17) is 4.74 Å². The van der Waals surface area contributed by atoms with Crippen LogP contribution in [0.4, 0.5) is 0 Å². The maximum Gasteiger partial charge on any atom is 0.227 e. The molecule has 5 nitrogen and oxygen atoms in total. The van der Waals surface area contributed by atoms with Gasteiger partial charge in [0.15, 0.2) is 0 Å². The van der Waals surface area contributed by atoms with Crippen molar-refractivity contribution < 1.29 is 9.53 Å². The number of fused-ring (bicyclic) bond motifs is 1. The van der Waals surface area contributed by atoms with Gasteiger partial charge in [-0.2, -0.15) is 0 Å². The molecule has 146 valence electrons. The first kappa shape index (κ1) is 18.5. The zero-order chi connectivity index (χ0) is 18.9. The third-order valence-electron chi connectivity index (χ3n) is 6.46. The molecule has 2 aliphatic heterocycles. The summed E-state index contributed by atoms with van der Waals surface area (Å²) in [4.78, 5) is 17.7. The number of piperidine rings is 1. The van der Waals surface area contributed by atoms with Gasteiger partial charge in [0.2, 0.25) is 5.91 Å². The second-order valence-corrected chi connectivity index (χ2v) is 8.40. The van der Waals surface area contributed by atoms with Crippen LogP contribution in [0.1, 0.15) is 24.8 Å². The molecule has 27 heavy (non-hydrogen) atoms. The summed E-state index contributed by atoms with van der Waals surface area (Å²) in [7, 11) is 3.82. The second-order valence-electron chi connectivity index (χ2n) is 8.40. The van der Waals surface area contributed by atoms with E-state index in [0.717, 1.165) is 51.3 Å². The first-order valence-corrected chi connectivity index (χ1v) is 10.1. The molecule has 1 amide bonds. The Balaban J connectivity index is 1.42. The minimum atomic E-state index is 0.275. The predicted molar refractivity (Wildman–Crippen MR) is 108 cm³/mol. The number of aryl methyl sites for hydroxylation is 1. The molecule has 0 bridgehead atoms. The molecule has 2 aliphatic rings. The van der Waals surface area contributed by atoms with Crippen LogP contribution in [0.3, 0.4) is 0 Å². The van der Waals surface area contributed by atoms with Crippen LogP contribution < -0.4 is 0 Å². The Hall–Kier alpha value is -1.85. The van der Waals surface area contributed by atoms with Gasteiger partial charge in [-0.1, -0.05) is 18.2 Å². The minimum Gasteiger partial charge on any atom is -0.383 e. The molecule has 1 aromatic heterocycles. The van der Waals surface area contributed by atoms with Crippen LogP contribution in [0, 0.1) is 5.41 Å². The molecule has 5 heteroatoms. The number of carbonyl (C=O) groups excluding carboxylic acids is 1. The molecule has 0 radical (unpaired) electrons. The molecule has 2 aromatic rings. The van der Waals surface area contributed by atoms with E-state index in [1.54, 1.807) is 7.11 Å². The van der Waals surface area contributed by atoms with Crippen molar-refractivity contribution in [1.29, 1.82) is 0 Å². The van der Waals surface area contributed by atoms with Gasteiger partial charge in [0, 0.05) is 62.9 Å². The summed E-state index contributed by atoms with van der Waals surface area (Å²) < 4.78 is 7.37. The summed E-state index contributed by atoms with van der Waals surface area (Å²) in [5.41, 5.74) is 2.63. The lowest BCUT2D eigenvalue weighted by atomic mass is 9.79. The summed E-state index contributed by atoms with van der Waals surface area (Å²) in [5, 5.41) is 1.20. The fraction of sp³-hybridized carbons (Fsp3) is 0.591. The predicted octanol–water partition coefficient (Wildman–Crippen LogP) is 2.68. The largest absolute Gasteiger partial charge is 0.383 e. The van der Waals surface area contributed by atoms with Crippen LogP contribution in [0.15, 0.2) is 30.5 Å². The molecule has 0 N–H and O–H groups in total. The summed E-state index contributed by atoms with van der Waals surface area (Å²) in [6, 6.07) is 8.34. The van der Waals surface area contributed by atoms with Crippen LogP contribution >= 0.6 is 0 Å². The standard InChI is InChI=1S/C22H31N3O2/c1-23-15-18(19-6-3-4-7-20(19)23)14-21(26)25-11-9-22(17-25)8-5-10-24(16-22)12-13-27-2/h3-4,6-7,15H,5,8-14,16-17H2,1-2H3. The van der Waals surface area contributed by atoms with Crippen LogP contribution in [0.5, 0.6) is 0 Å². The lowest BCUT2D eigenvalue weighted by Crippen LogP contribution is -2.46. The first-order valence-electron chi connectivity index (χ1n) is 10.1. The third-order valence-corrected chi connectivity index (χ3v) is 6.46. The van der Waals surface area contributed by atoms with Gasteiger partial charge in [0.05, 0.1) is 13.0 Å². The monoisotopic (exact) mass is 369 g/mol. The Bertz CT molecular complexity index is 815. The van der Waals surface area contributed by atoms with Crippen molar-refractivity contribution in [2.45, 2.75) is 25.7 Å². The number of ether oxygens (including phenoxy) is 1. The van der Waals surface area contributed by atoms with Crippen molar-refractivity contribution in [2.24, 2.45) is 12.5 Å². The number of methoxy groups -OCH3 is 1. The topological polar surface area (TPSA) is 37.7 Å².